The first-order chi connectivity index (χ1) is 13.8. The highest BCUT2D eigenvalue weighted by molar-refractivity contribution is 9.10. The molecule has 3 aromatic rings. The van der Waals surface area contributed by atoms with Gasteiger partial charge in [-0.25, -0.2) is 0 Å². The number of ketones is 1. The van der Waals surface area contributed by atoms with Crippen molar-refractivity contribution in [1.29, 1.82) is 0 Å². The van der Waals surface area contributed by atoms with E-state index >= 15 is 0 Å². The molecule has 1 unspecified atom stereocenters. The van der Waals surface area contributed by atoms with Crippen molar-refractivity contribution >= 4 is 56.3 Å². The minimum atomic E-state index is -0.466. The van der Waals surface area contributed by atoms with Gasteiger partial charge in [0.1, 0.15) is 0 Å². The molecule has 0 aliphatic heterocycles. The Bertz CT molecular complexity index is 1060. The fraction of sp³-hybridized carbons (Fsp3) is 0.0952. The SMILES string of the molecule is O=C(CC(Nc1cccc([N+](=O)[O-])c1)c1ccc(Cl)c(Cl)c1)c1ccc(Br)cc1. The van der Waals surface area contributed by atoms with Crippen molar-refractivity contribution in [1.82, 2.24) is 0 Å². The lowest BCUT2D eigenvalue weighted by Crippen LogP contribution is -2.16. The van der Waals surface area contributed by atoms with Crippen LogP contribution in [0.4, 0.5) is 11.4 Å². The van der Waals surface area contributed by atoms with Gasteiger partial charge in [0, 0.05) is 34.3 Å². The summed E-state index contributed by atoms with van der Waals surface area (Å²) in [5.41, 5.74) is 1.80. The zero-order valence-corrected chi connectivity index (χ0v) is 18.0. The molecular formula is C21H15BrCl2N2O3. The summed E-state index contributed by atoms with van der Waals surface area (Å²) in [6.45, 7) is 0. The first kappa shape index (κ1) is 21.3. The summed E-state index contributed by atoms with van der Waals surface area (Å²) >= 11 is 15.5. The van der Waals surface area contributed by atoms with Crippen molar-refractivity contribution in [3.63, 3.8) is 0 Å². The number of hydrogen-bond acceptors (Lipinski definition) is 4. The van der Waals surface area contributed by atoms with Crippen LogP contribution in [0.5, 0.6) is 0 Å². The molecule has 0 heterocycles. The maximum absolute atomic E-state index is 12.8. The normalized spacial score (nSPS) is 11.7. The van der Waals surface area contributed by atoms with E-state index in [-0.39, 0.29) is 17.9 Å². The fourth-order valence-corrected chi connectivity index (χ4v) is 3.40. The number of Topliss-reactive ketones (excluding diaryl/α,β-unsaturated/α-hetero) is 1. The van der Waals surface area contributed by atoms with Crippen LogP contribution in [0.2, 0.25) is 10.0 Å². The van der Waals surface area contributed by atoms with Gasteiger partial charge >= 0.3 is 0 Å². The molecule has 0 saturated heterocycles. The molecule has 0 fully saturated rings. The zero-order valence-electron chi connectivity index (χ0n) is 14.9. The lowest BCUT2D eigenvalue weighted by atomic mass is 9.97. The molecule has 0 spiro atoms. The van der Waals surface area contributed by atoms with E-state index in [0.717, 1.165) is 10.0 Å². The average molecular weight is 494 g/mol. The monoisotopic (exact) mass is 492 g/mol. The summed E-state index contributed by atoms with van der Waals surface area (Å²) in [6, 6.07) is 17.9. The van der Waals surface area contributed by atoms with Gasteiger partial charge < -0.3 is 5.32 Å². The minimum absolute atomic E-state index is 0.0397. The molecule has 29 heavy (non-hydrogen) atoms. The van der Waals surface area contributed by atoms with Crippen LogP contribution in [-0.4, -0.2) is 10.7 Å². The molecule has 0 bridgehead atoms. The zero-order chi connectivity index (χ0) is 21.0. The van der Waals surface area contributed by atoms with Gasteiger partial charge in [0.2, 0.25) is 0 Å². The molecule has 1 atom stereocenters. The average Bonchev–Trinajstić information content (AvgIpc) is 2.70. The second-order valence-corrected chi connectivity index (χ2v) is 8.04. The van der Waals surface area contributed by atoms with Crippen molar-refractivity contribution in [3.8, 4) is 0 Å². The summed E-state index contributed by atoms with van der Waals surface area (Å²) in [5.74, 6) is -0.0773. The Labute approximate surface area is 185 Å². The second-order valence-electron chi connectivity index (χ2n) is 6.31. The molecular weight excluding hydrogens is 479 g/mol. The van der Waals surface area contributed by atoms with E-state index in [2.05, 4.69) is 21.2 Å². The molecule has 0 saturated carbocycles. The standard InChI is InChI=1S/C21H15BrCl2N2O3/c22-15-7-4-13(5-8-15)21(27)12-20(14-6-9-18(23)19(24)10-14)25-16-2-1-3-17(11-16)26(28)29/h1-11,20,25H,12H2. The minimum Gasteiger partial charge on any atom is -0.378 e. The predicted molar refractivity (Wildman–Crippen MR) is 119 cm³/mol. The van der Waals surface area contributed by atoms with E-state index in [1.807, 2.05) is 0 Å². The highest BCUT2D eigenvalue weighted by Crippen LogP contribution is 2.31. The molecule has 3 rings (SSSR count). The summed E-state index contributed by atoms with van der Waals surface area (Å²) in [6.07, 6.45) is 0.127. The van der Waals surface area contributed by atoms with Crippen LogP contribution < -0.4 is 5.32 Å². The number of rotatable bonds is 7. The number of nitrogens with zero attached hydrogens (tertiary/aromatic N) is 1. The molecule has 3 aromatic carbocycles. The van der Waals surface area contributed by atoms with E-state index in [1.165, 1.54) is 12.1 Å². The van der Waals surface area contributed by atoms with Gasteiger partial charge in [-0.2, -0.15) is 0 Å². The maximum atomic E-state index is 12.8. The number of hydrogen-bond donors (Lipinski definition) is 1. The van der Waals surface area contributed by atoms with Crippen molar-refractivity contribution in [2.45, 2.75) is 12.5 Å². The van der Waals surface area contributed by atoms with Crippen LogP contribution in [0.25, 0.3) is 0 Å². The lowest BCUT2D eigenvalue weighted by Gasteiger charge is -2.20. The highest BCUT2D eigenvalue weighted by atomic mass is 79.9. The number of carbonyl (C=O) groups excluding carboxylic acids is 1. The summed E-state index contributed by atoms with van der Waals surface area (Å²) < 4.78 is 0.879. The molecule has 0 aliphatic rings. The number of non-ortho nitro benzene ring substituents is 1. The van der Waals surface area contributed by atoms with Gasteiger partial charge in [-0.1, -0.05) is 63.4 Å². The topological polar surface area (TPSA) is 72.2 Å². The molecule has 8 heteroatoms. The van der Waals surface area contributed by atoms with Crippen LogP contribution in [0.15, 0.2) is 71.2 Å². The van der Waals surface area contributed by atoms with Crippen LogP contribution >= 0.6 is 39.1 Å². The van der Waals surface area contributed by atoms with Crippen LogP contribution in [0.1, 0.15) is 28.4 Å². The summed E-state index contributed by atoms with van der Waals surface area (Å²) in [7, 11) is 0. The number of nitro benzene ring substituents is 1. The largest absolute Gasteiger partial charge is 0.378 e. The van der Waals surface area contributed by atoms with Gasteiger partial charge in [-0.05, 0) is 35.9 Å². The second kappa shape index (κ2) is 9.39. The third-order valence-corrected chi connectivity index (χ3v) is 5.57. The van der Waals surface area contributed by atoms with E-state index in [9.17, 15) is 14.9 Å². The number of nitro groups is 1. The number of nitrogens with one attached hydrogen (secondary N) is 1. The molecule has 0 aromatic heterocycles. The van der Waals surface area contributed by atoms with E-state index in [1.54, 1.807) is 54.6 Å². The highest BCUT2D eigenvalue weighted by Gasteiger charge is 2.19. The molecule has 148 valence electrons. The number of carbonyl (C=O) groups is 1. The number of benzene rings is 3. The first-order valence-corrected chi connectivity index (χ1v) is 10.1. The number of halogens is 3. The Morgan fingerprint density at radius 2 is 1.76 bits per heavy atom. The van der Waals surface area contributed by atoms with E-state index in [4.69, 9.17) is 23.2 Å². The van der Waals surface area contributed by atoms with Crippen LogP contribution in [0.3, 0.4) is 0 Å². The quantitative estimate of drug-likeness (QED) is 0.216. The predicted octanol–water partition coefficient (Wildman–Crippen LogP) is 7.09. The molecule has 1 N–H and O–H groups in total. The van der Waals surface area contributed by atoms with Crippen molar-refractivity contribution in [3.05, 3.63) is 102 Å². The Balaban J connectivity index is 1.91. The number of anilines is 1. The van der Waals surface area contributed by atoms with E-state index in [0.29, 0.717) is 21.3 Å². The van der Waals surface area contributed by atoms with Crippen LogP contribution in [-0.2, 0) is 0 Å². The Morgan fingerprint density at radius 1 is 1.03 bits per heavy atom. The van der Waals surface area contributed by atoms with Crippen molar-refractivity contribution in [2.24, 2.45) is 0 Å². The Kier molecular flexibility index (Phi) is 6.90. The Hall–Kier alpha value is -2.41. The third kappa shape index (κ3) is 5.56. The van der Waals surface area contributed by atoms with Crippen molar-refractivity contribution < 1.29 is 9.72 Å². The van der Waals surface area contributed by atoms with Gasteiger partial charge in [0.25, 0.3) is 5.69 Å². The van der Waals surface area contributed by atoms with Gasteiger partial charge in [0.15, 0.2) is 5.78 Å². The van der Waals surface area contributed by atoms with Gasteiger partial charge in [0.05, 0.1) is 21.0 Å². The van der Waals surface area contributed by atoms with Gasteiger partial charge in [-0.3, -0.25) is 14.9 Å². The molecule has 5 nitrogen and oxygen atoms in total. The summed E-state index contributed by atoms with van der Waals surface area (Å²) in [4.78, 5) is 23.4. The lowest BCUT2D eigenvalue weighted by molar-refractivity contribution is -0.384. The third-order valence-electron chi connectivity index (χ3n) is 4.30. The van der Waals surface area contributed by atoms with Gasteiger partial charge in [-0.15, -0.1) is 0 Å². The Morgan fingerprint density at radius 3 is 2.41 bits per heavy atom. The smallest absolute Gasteiger partial charge is 0.271 e. The van der Waals surface area contributed by atoms with Crippen LogP contribution in [0, 0.1) is 10.1 Å². The van der Waals surface area contributed by atoms with Crippen molar-refractivity contribution in [2.75, 3.05) is 5.32 Å². The molecule has 0 radical (unpaired) electrons. The summed E-state index contributed by atoms with van der Waals surface area (Å²) in [5, 5.41) is 15.1. The molecule has 0 aliphatic carbocycles. The fourth-order valence-electron chi connectivity index (χ4n) is 2.83. The maximum Gasteiger partial charge on any atom is 0.271 e. The van der Waals surface area contributed by atoms with E-state index < -0.39 is 11.0 Å². The molecule has 0 amide bonds. The first-order valence-electron chi connectivity index (χ1n) is 8.58.